The van der Waals surface area contributed by atoms with E-state index in [2.05, 4.69) is 10.6 Å². The van der Waals surface area contributed by atoms with Crippen LogP contribution in [0, 0.1) is 13.8 Å². The van der Waals surface area contributed by atoms with Crippen molar-refractivity contribution in [3.63, 3.8) is 0 Å². The number of anilines is 1. The Morgan fingerprint density at radius 3 is 2.34 bits per heavy atom. The summed E-state index contributed by atoms with van der Waals surface area (Å²) in [6.45, 7) is 5.98. The van der Waals surface area contributed by atoms with E-state index in [4.69, 9.17) is 9.47 Å². The summed E-state index contributed by atoms with van der Waals surface area (Å²) < 4.78 is 10.9. The van der Waals surface area contributed by atoms with Crippen molar-refractivity contribution in [1.29, 1.82) is 0 Å². The number of carbonyl (C=O) groups is 3. The first-order valence-electron chi connectivity index (χ1n) is 11.5. The Labute approximate surface area is 205 Å². The third kappa shape index (κ3) is 7.71. The lowest BCUT2D eigenvalue weighted by Crippen LogP contribution is -2.24. The molecule has 0 fully saturated rings. The van der Waals surface area contributed by atoms with Crippen molar-refractivity contribution >= 4 is 23.5 Å². The van der Waals surface area contributed by atoms with Crippen LogP contribution in [0.2, 0.25) is 0 Å². The van der Waals surface area contributed by atoms with Gasteiger partial charge < -0.3 is 20.1 Å². The van der Waals surface area contributed by atoms with Gasteiger partial charge >= 0.3 is 5.97 Å². The molecule has 0 aromatic heterocycles. The topological polar surface area (TPSA) is 93.7 Å². The Balaban J connectivity index is 1.51. The van der Waals surface area contributed by atoms with Gasteiger partial charge in [-0.25, -0.2) is 0 Å². The lowest BCUT2D eigenvalue weighted by Gasteiger charge is -2.13. The largest absolute Gasteiger partial charge is 0.493 e. The Hall–Kier alpha value is -4.13. The minimum atomic E-state index is -0.455. The zero-order chi connectivity index (χ0) is 25.2. The summed E-state index contributed by atoms with van der Waals surface area (Å²) in [7, 11) is 0. The number of para-hydroxylation sites is 2. The lowest BCUT2D eigenvalue weighted by molar-refractivity contribution is -0.131. The lowest BCUT2D eigenvalue weighted by atomic mass is 10.1. The van der Waals surface area contributed by atoms with Crippen LogP contribution in [0.25, 0.3) is 0 Å². The summed E-state index contributed by atoms with van der Waals surface area (Å²) in [5.74, 6) is 0.280. The molecule has 0 saturated carbocycles. The Bertz CT molecular complexity index is 1190. The highest BCUT2D eigenvalue weighted by Gasteiger charge is 2.11. The molecule has 0 aliphatic heterocycles. The van der Waals surface area contributed by atoms with Crippen molar-refractivity contribution in [2.75, 3.05) is 11.9 Å². The van der Waals surface area contributed by atoms with Crippen molar-refractivity contribution < 1.29 is 23.9 Å². The average molecular weight is 475 g/mol. The molecule has 7 nitrogen and oxygen atoms in total. The molecule has 0 radical (unpaired) electrons. The molecule has 0 unspecified atom stereocenters. The van der Waals surface area contributed by atoms with Gasteiger partial charge in [-0.05, 0) is 61.2 Å². The number of ether oxygens (including phenoxy) is 2. The minimum Gasteiger partial charge on any atom is -0.493 e. The molecule has 3 aromatic carbocycles. The highest BCUT2D eigenvalue weighted by molar-refractivity contribution is 5.95. The van der Waals surface area contributed by atoms with Crippen LogP contribution in [0.15, 0.2) is 66.7 Å². The van der Waals surface area contributed by atoms with E-state index in [1.165, 1.54) is 13.0 Å². The van der Waals surface area contributed by atoms with E-state index in [-0.39, 0.29) is 18.4 Å². The first-order valence-corrected chi connectivity index (χ1v) is 11.5. The number of hydrogen-bond donors (Lipinski definition) is 2. The van der Waals surface area contributed by atoms with Gasteiger partial charge in [0.05, 0.1) is 6.61 Å². The van der Waals surface area contributed by atoms with Gasteiger partial charge in [0.15, 0.2) is 0 Å². The molecule has 2 amide bonds. The van der Waals surface area contributed by atoms with Crippen LogP contribution in [-0.2, 0) is 16.1 Å². The summed E-state index contributed by atoms with van der Waals surface area (Å²) in [5, 5.41) is 5.76. The van der Waals surface area contributed by atoms with E-state index < -0.39 is 5.97 Å². The maximum absolute atomic E-state index is 12.6. The third-order valence-electron chi connectivity index (χ3n) is 5.29. The van der Waals surface area contributed by atoms with E-state index in [0.717, 1.165) is 22.4 Å². The third-order valence-corrected chi connectivity index (χ3v) is 5.29. The molecule has 0 bridgehead atoms. The van der Waals surface area contributed by atoms with Crippen LogP contribution < -0.4 is 20.1 Å². The second kappa shape index (κ2) is 12.4. The highest BCUT2D eigenvalue weighted by Crippen LogP contribution is 2.22. The fraction of sp³-hybridized carbons (Fsp3) is 0.250. The summed E-state index contributed by atoms with van der Waals surface area (Å²) in [6, 6.07) is 19.7. The van der Waals surface area contributed by atoms with Gasteiger partial charge in [-0.3, -0.25) is 14.4 Å². The highest BCUT2D eigenvalue weighted by atomic mass is 16.5. The van der Waals surface area contributed by atoms with Crippen molar-refractivity contribution in [2.24, 2.45) is 0 Å². The molecule has 0 atom stereocenters. The quantitative estimate of drug-likeness (QED) is 0.246. The predicted molar refractivity (Wildman–Crippen MR) is 135 cm³/mol. The number of aryl methyl sites for hydroxylation is 2. The summed E-state index contributed by atoms with van der Waals surface area (Å²) in [6.07, 6.45) is 0.895. The molecule has 0 heterocycles. The molecule has 2 N–H and O–H groups in total. The van der Waals surface area contributed by atoms with Gasteiger partial charge in [0, 0.05) is 31.1 Å². The van der Waals surface area contributed by atoms with Crippen LogP contribution in [0.3, 0.4) is 0 Å². The number of carbonyl (C=O) groups excluding carboxylic acids is 3. The molecule has 182 valence electrons. The van der Waals surface area contributed by atoms with Crippen LogP contribution in [0.5, 0.6) is 11.5 Å². The molecule has 35 heavy (non-hydrogen) atoms. The fourth-order valence-corrected chi connectivity index (χ4v) is 3.59. The van der Waals surface area contributed by atoms with Gasteiger partial charge in [0.25, 0.3) is 5.91 Å². The van der Waals surface area contributed by atoms with Crippen LogP contribution in [0.1, 0.15) is 46.8 Å². The Morgan fingerprint density at radius 1 is 0.886 bits per heavy atom. The van der Waals surface area contributed by atoms with Gasteiger partial charge in [0.2, 0.25) is 5.91 Å². The summed E-state index contributed by atoms with van der Waals surface area (Å²) >= 11 is 0. The van der Waals surface area contributed by atoms with Gasteiger partial charge in [-0.15, -0.1) is 0 Å². The molecule has 0 aliphatic carbocycles. The molecule has 3 rings (SSSR count). The normalized spacial score (nSPS) is 10.4. The van der Waals surface area contributed by atoms with Crippen LogP contribution >= 0.6 is 0 Å². The van der Waals surface area contributed by atoms with Gasteiger partial charge in [-0.1, -0.05) is 42.5 Å². The molecule has 0 saturated heterocycles. The number of amides is 2. The standard InChI is InChI=1S/C28H30N2O5/c1-19-9-6-10-20(2)27(19)34-16-8-15-26(32)30-25-14-5-4-11-23(25)18-29-28(33)22-12-7-13-24(17-22)35-21(3)31/h4-7,9-14,17H,8,15-16,18H2,1-3H3,(H,29,33)(H,30,32). The zero-order valence-electron chi connectivity index (χ0n) is 20.2. The Morgan fingerprint density at radius 2 is 1.60 bits per heavy atom. The molecule has 0 spiro atoms. The number of hydrogen-bond acceptors (Lipinski definition) is 5. The van der Waals surface area contributed by atoms with E-state index in [1.807, 2.05) is 50.2 Å². The van der Waals surface area contributed by atoms with Gasteiger partial charge in [0.1, 0.15) is 11.5 Å². The molecular weight excluding hydrogens is 444 g/mol. The number of benzene rings is 3. The average Bonchev–Trinajstić information content (AvgIpc) is 2.82. The second-order valence-electron chi connectivity index (χ2n) is 8.18. The SMILES string of the molecule is CC(=O)Oc1cccc(C(=O)NCc2ccccc2NC(=O)CCCOc2c(C)cccc2C)c1. The fourth-order valence-electron chi connectivity index (χ4n) is 3.59. The Kier molecular flexibility index (Phi) is 9.01. The second-order valence-corrected chi connectivity index (χ2v) is 8.18. The van der Waals surface area contributed by atoms with Crippen molar-refractivity contribution in [2.45, 2.75) is 40.2 Å². The van der Waals surface area contributed by atoms with E-state index in [9.17, 15) is 14.4 Å². The van der Waals surface area contributed by atoms with Crippen molar-refractivity contribution in [3.05, 3.63) is 89.0 Å². The molecule has 7 heteroatoms. The first kappa shape index (κ1) is 25.5. The molecule has 3 aromatic rings. The van der Waals surface area contributed by atoms with Crippen LogP contribution in [0.4, 0.5) is 5.69 Å². The van der Waals surface area contributed by atoms with E-state index in [0.29, 0.717) is 36.4 Å². The van der Waals surface area contributed by atoms with Crippen molar-refractivity contribution in [1.82, 2.24) is 5.32 Å². The number of rotatable bonds is 10. The van der Waals surface area contributed by atoms with Crippen LogP contribution in [-0.4, -0.2) is 24.4 Å². The minimum absolute atomic E-state index is 0.122. The monoisotopic (exact) mass is 474 g/mol. The van der Waals surface area contributed by atoms with Gasteiger partial charge in [-0.2, -0.15) is 0 Å². The predicted octanol–water partition coefficient (Wildman–Crippen LogP) is 4.96. The van der Waals surface area contributed by atoms with E-state index >= 15 is 0 Å². The maximum atomic E-state index is 12.6. The number of esters is 1. The first-order chi connectivity index (χ1) is 16.8. The smallest absolute Gasteiger partial charge is 0.308 e. The zero-order valence-corrected chi connectivity index (χ0v) is 20.2. The maximum Gasteiger partial charge on any atom is 0.308 e. The summed E-state index contributed by atoms with van der Waals surface area (Å²) in [5.41, 5.74) is 3.93. The van der Waals surface area contributed by atoms with Crippen molar-refractivity contribution in [3.8, 4) is 11.5 Å². The van der Waals surface area contributed by atoms with E-state index in [1.54, 1.807) is 24.3 Å². The summed E-state index contributed by atoms with van der Waals surface area (Å²) in [4.78, 5) is 36.2. The number of nitrogens with one attached hydrogen (secondary N) is 2. The molecule has 0 aliphatic rings. The molecular formula is C28H30N2O5.